The Morgan fingerprint density at radius 3 is 2.71 bits per heavy atom. The van der Waals surface area contributed by atoms with Gasteiger partial charge in [0.2, 0.25) is 5.91 Å². The predicted octanol–water partition coefficient (Wildman–Crippen LogP) is 1.49. The molecule has 0 radical (unpaired) electrons. The van der Waals surface area contributed by atoms with Crippen molar-refractivity contribution < 1.29 is 4.79 Å². The van der Waals surface area contributed by atoms with Gasteiger partial charge in [-0.1, -0.05) is 0 Å². The summed E-state index contributed by atoms with van der Waals surface area (Å²) in [5.41, 5.74) is 1.24. The second kappa shape index (κ2) is 8.42. The summed E-state index contributed by atoms with van der Waals surface area (Å²) in [6.07, 6.45) is 10.4. The van der Waals surface area contributed by atoms with Crippen molar-refractivity contribution in [3.8, 4) is 0 Å². The Kier molecular flexibility index (Phi) is 5.76. The van der Waals surface area contributed by atoms with Gasteiger partial charge in [-0.25, -0.2) is 4.98 Å². The van der Waals surface area contributed by atoms with Crippen molar-refractivity contribution in [1.29, 1.82) is 0 Å². The Hall–Kier alpha value is -2.44. The molecule has 2 aromatic heterocycles. The number of aromatic nitrogens is 4. The van der Waals surface area contributed by atoms with Gasteiger partial charge in [-0.3, -0.25) is 14.5 Å². The van der Waals surface area contributed by atoms with E-state index >= 15 is 0 Å². The number of carbonyl (C=O) groups excluding carboxylic acids is 1. The smallest absolute Gasteiger partial charge is 0.220 e. The van der Waals surface area contributed by atoms with Crippen LogP contribution in [-0.2, 0) is 11.3 Å². The Labute approximate surface area is 142 Å². The highest BCUT2D eigenvalue weighted by Crippen LogP contribution is 2.22. The maximum atomic E-state index is 11.9. The monoisotopic (exact) mass is 328 g/mol. The summed E-state index contributed by atoms with van der Waals surface area (Å²) < 4.78 is 1.75. The molecule has 0 atom stereocenters. The number of amides is 1. The van der Waals surface area contributed by atoms with E-state index in [4.69, 9.17) is 0 Å². The van der Waals surface area contributed by atoms with Crippen LogP contribution in [0.3, 0.4) is 0 Å². The lowest BCUT2D eigenvalue weighted by Crippen LogP contribution is -2.38. The topological polar surface area (TPSA) is 75.9 Å². The zero-order valence-electron chi connectivity index (χ0n) is 13.8. The fraction of sp³-hybridized carbons (Fsp3) is 0.529. The fourth-order valence-electron chi connectivity index (χ4n) is 3.05. The van der Waals surface area contributed by atoms with E-state index in [0.29, 0.717) is 12.3 Å². The molecule has 0 aromatic carbocycles. The Morgan fingerprint density at radius 1 is 1.21 bits per heavy atom. The molecule has 0 unspecified atom stereocenters. The van der Waals surface area contributed by atoms with E-state index in [0.717, 1.165) is 45.4 Å². The summed E-state index contributed by atoms with van der Waals surface area (Å²) in [6, 6.07) is 4.11. The summed E-state index contributed by atoms with van der Waals surface area (Å²) in [5.74, 6) is 0.703. The van der Waals surface area contributed by atoms with E-state index in [1.807, 2.05) is 12.4 Å². The molecule has 128 valence electrons. The van der Waals surface area contributed by atoms with E-state index in [2.05, 4.69) is 37.4 Å². The summed E-state index contributed by atoms with van der Waals surface area (Å²) >= 11 is 0. The van der Waals surface area contributed by atoms with E-state index in [1.165, 1.54) is 12.0 Å². The highest BCUT2D eigenvalue weighted by Gasteiger charge is 2.19. The van der Waals surface area contributed by atoms with Gasteiger partial charge in [-0.2, -0.15) is 5.10 Å². The number of hydrogen-bond donors (Lipinski definition) is 1. The van der Waals surface area contributed by atoms with E-state index < -0.39 is 0 Å². The van der Waals surface area contributed by atoms with Crippen molar-refractivity contribution in [3.63, 3.8) is 0 Å². The molecule has 1 aliphatic heterocycles. The first-order valence-corrected chi connectivity index (χ1v) is 8.55. The SMILES string of the molecule is O=C(CCCn1cncn1)NCC1CCN(c2ccncc2)CC1. The maximum absolute atomic E-state index is 11.9. The molecule has 0 spiro atoms. The number of piperidine rings is 1. The standard InChI is InChI=1S/C17H24N6O/c24-17(2-1-9-23-14-19-13-21-23)20-12-15-5-10-22(11-6-15)16-3-7-18-8-4-16/h3-4,7-8,13-15H,1-2,5-6,9-12H2,(H,20,24). The molecule has 1 amide bonds. The third-order valence-electron chi connectivity index (χ3n) is 4.49. The Bertz CT molecular complexity index is 607. The number of hydrogen-bond acceptors (Lipinski definition) is 5. The lowest BCUT2D eigenvalue weighted by atomic mass is 9.96. The lowest BCUT2D eigenvalue weighted by molar-refractivity contribution is -0.121. The Balaban J connectivity index is 1.31. The number of rotatable bonds is 7. The molecule has 1 saturated heterocycles. The molecular weight excluding hydrogens is 304 g/mol. The summed E-state index contributed by atoms with van der Waals surface area (Å²) in [6.45, 7) is 3.60. The molecule has 1 aliphatic rings. The second-order valence-electron chi connectivity index (χ2n) is 6.20. The van der Waals surface area contributed by atoms with Crippen LogP contribution in [0.25, 0.3) is 0 Å². The number of pyridine rings is 1. The maximum Gasteiger partial charge on any atom is 0.220 e. The fourth-order valence-corrected chi connectivity index (χ4v) is 3.05. The van der Waals surface area contributed by atoms with E-state index in [9.17, 15) is 4.79 Å². The number of aryl methyl sites for hydroxylation is 1. The third-order valence-corrected chi connectivity index (χ3v) is 4.49. The number of nitrogens with one attached hydrogen (secondary N) is 1. The molecule has 2 aromatic rings. The first-order chi connectivity index (χ1) is 11.8. The molecule has 7 nitrogen and oxygen atoms in total. The van der Waals surface area contributed by atoms with Crippen LogP contribution in [0.4, 0.5) is 5.69 Å². The Morgan fingerprint density at radius 2 is 2.00 bits per heavy atom. The van der Waals surface area contributed by atoms with Crippen molar-refractivity contribution in [2.75, 3.05) is 24.5 Å². The number of carbonyl (C=O) groups is 1. The zero-order chi connectivity index (χ0) is 16.6. The molecular formula is C17H24N6O. The normalized spacial score (nSPS) is 15.4. The number of nitrogens with zero attached hydrogens (tertiary/aromatic N) is 5. The molecule has 3 heterocycles. The van der Waals surface area contributed by atoms with Crippen LogP contribution >= 0.6 is 0 Å². The molecule has 3 rings (SSSR count). The van der Waals surface area contributed by atoms with Crippen LogP contribution in [0.15, 0.2) is 37.2 Å². The summed E-state index contributed by atoms with van der Waals surface area (Å²) in [7, 11) is 0. The number of anilines is 1. The molecule has 7 heteroatoms. The van der Waals surface area contributed by atoms with Gasteiger partial charge in [-0.15, -0.1) is 0 Å². The van der Waals surface area contributed by atoms with E-state index in [-0.39, 0.29) is 5.91 Å². The van der Waals surface area contributed by atoms with Crippen molar-refractivity contribution in [1.82, 2.24) is 25.1 Å². The predicted molar refractivity (Wildman–Crippen MR) is 91.4 cm³/mol. The molecule has 0 saturated carbocycles. The van der Waals surface area contributed by atoms with Gasteiger partial charge in [0.25, 0.3) is 0 Å². The van der Waals surface area contributed by atoms with Gasteiger partial charge in [0.15, 0.2) is 0 Å². The minimum absolute atomic E-state index is 0.131. The van der Waals surface area contributed by atoms with Crippen LogP contribution < -0.4 is 10.2 Å². The molecule has 0 bridgehead atoms. The lowest BCUT2D eigenvalue weighted by Gasteiger charge is -2.33. The van der Waals surface area contributed by atoms with Crippen molar-refractivity contribution in [2.45, 2.75) is 32.2 Å². The molecule has 24 heavy (non-hydrogen) atoms. The molecule has 1 fully saturated rings. The quantitative estimate of drug-likeness (QED) is 0.833. The van der Waals surface area contributed by atoms with Gasteiger partial charge in [-0.05, 0) is 37.3 Å². The third kappa shape index (κ3) is 4.78. The summed E-state index contributed by atoms with van der Waals surface area (Å²) in [4.78, 5) is 22.3. The minimum atomic E-state index is 0.131. The largest absolute Gasteiger partial charge is 0.371 e. The minimum Gasteiger partial charge on any atom is -0.371 e. The highest BCUT2D eigenvalue weighted by molar-refractivity contribution is 5.75. The van der Waals surface area contributed by atoms with Crippen LogP contribution in [-0.4, -0.2) is 45.3 Å². The van der Waals surface area contributed by atoms with Gasteiger partial charge in [0.05, 0.1) is 0 Å². The van der Waals surface area contributed by atoms with Gasteiger partial charge in [0.1, 0.15) is 12.7 Å². The van der Waals surface area contributed by atoms with Crippen LogP contribution in [0.1, 0.15) is 25.7 Å². The van der Waals surface area contributed by atoms with Crippen LogP contribution in [0, 0.1) is 5.92 Å². The van der Waals surface area contributed by atoms with Crippen molar-refractivity contribution in [2.24, 2.45) is 5.92 Å². The van der Waals surface area contributed by atoms with Gasteiger partial charge >= 0.3 is 0 Å². The van der Waals surface area contributed by atoms with Crippen LogP contribution in [0.2, 0.25) is 0 Å². The molecule has 0 aliphatic carbocycles. The first kappa shape index (κ1) is 16.4. The van der Waals surface area contributed by atoms with Crippen molar-refractivity contribution in [3.05, 3.63) is 37.2 Å². The van der Waals surface area contributed by atoms with Crippen LogP contribution in [0.5, 0.6) is 0 Å². The van der Waals surface area contributed by atoms with E-state index in [1.54, 1.807) is 11.0 Å². The van der Waals surface area contributed by atoms with Gasteiger partial charge in [0, 0.05) is 50.7 Å². The second-order valence-corrected chi connectivity index (χ2v) is 6.20. The first-order valence-electron chi connectivity index (χ1n) is 8.55. The van der Waals surface area contributed by atoms with Crippen molar-refractivity contribution >= 4 is 11.6 Å². The van der Waals surface area contributed by atoms with Gasteiger partial charge < -0.3 is 10.2 Å². The average Bonchev–Trinajstić information content (AvgIpc) is 3.15. The molecule has 1 N–H and O–H groups in total. The average molecular weight is 328 g/mol. The summed E-state index contributed by atoms with van der Waals surface area (Å²) in [5, 5.41) is 7.10. The zero-order valence-corrected chi connectivity index (χ0v) is 13.8. The highest BCUT2D eigenvalue weighted by atomic mass is 16.1.